The van der Waals surface area contributed by atoms with E-state index in [4.69, 9.17) is 9.47 Å². The van der Waals surface area contributed by atoms with E-state index in [2.05, 4.69) is 17.2 Å². The number of nitrogens with zero attached hydrogens (tertiary/aromatic N) is 1. The van der Waals surface area contributed by atoms with Crippen LogP contribution in [0, 0.1) is 0 Å². The first-order chi connectivity index (χ1) is 7.34. The Bertz CT molecular complexity index is 229. The van der Waals surface area contributed by atoms with Crippen LogP contribution in [0.15, 0.2) is 4.99 Å². The van der Waals surface area contributed by atoms with E-state index < -0.39 is 0 Å². The van der Waals surface area contributed by atoms with Gasteiger partial charge in [0.2, 0.25) is 0 Å². The van der Waals surface area contributed by atoms with E-state index >= 15 is 0 Å². The second-order valence-corrected chi connectivity index (χ2v) is 4.98. The number of nitrogens with one attached hydrogen (secondary N) is 1. The molecule has 0 aliphatic carbocycles. The number of thioether (sulfide) groups is 1. The summed E-state index contributed by atoms with van der Waals surface area (Å²) in [4.78, 5) is 4.52. The molecule has 2 saturated heterocycles. The maximum Gasteiger partial charge on any atom is 0.156 e. The maximum absolute atomic E-state index is 5.53. The predicted octanol–water partition coefficient (Wildman–Crippen LogP) is 0.873. The lowest BCUT2D eigenvalue weighted by Crippen LogP contribution is -2.37. The Kier molecular flexibility index (Phi) is 4.29. The average Bonchev–Trinajstić information content (AvgIpc) is 2.28. The van der Waals surface area contributed by atoms with Gasteiger partial charge >= 0.3 is 0 Å². The van der Waals surface area contributed by atoms with Crippen molar-refractivity contribution in [3.8, 4) is 0 Å². The second kappa shape index (κ2) is 5.72. The lowest BCUT2D eigenvalue weighted by atomic mass is 10.3. The topological polar surface area (TPSA) is 42.9 Å². The summed E-state index contributed by atoms with van der Waals surface area (Å²) in [5.74, 6) is 1.16. The normalized spacial score (nSPS) is 35.1. The molecule has 4 nitrogen and oxygen atoms in total. The zero-order chi connectivity index (χ0) is 10.5. The van der Waals surface area contributed by atoms with Crippen molar-refractivity contribution in [2.75, 3.05) is 32.1 Å². The summed E-state index contributed by atoms with van der Waals surface area (Å²) in [6, 6.07) is 0.550. The first kappa shape index (κ1) is 11.2. The van der Waals surface area contributed by atoms with Crippen molar-refractivity contribution in [2.24, 2.45) is 4.99 Å². The van der Waals surface area contributed by atoms with E-state index in [-0.39, 0.29) is 6.10 Å². The molecule has 0 bridgehead atoms. The fourth-order valence-corrected chi connectivity index (χ4v) is 2.69. The Balaban J connectivity index is 1.76. The molecule has 2 aliphatic heterocycles. The Morgan fingerprint density at radius 2 is 2.47 bits per heavy atom. The van der Waals surface area contributed by atoms with Gasteiger partial charge in [0, 0.05) is 11.8 Å². The number of aliphatic imine (C=N–C) groups is 1. The zero-order valence-electron chi connectivity index (χ0n) is 9.07. The van der Waals surface area contributed by atoms with Crippen LogP contribution in [0.25, 0.3) is 0 Å². The number of hydrogen-bond donors (Lipinski definition) is 1. The van der Waals surface area contributed by atoms with Crippen LogP contribution in [-0.4, -0.2) is 49.4 Å². The number of rotatable bonds is 2. The van der Waals surface area contributed by atoms with Gasteiger partial charge in [0.15, 0.2) is 5.17 Å². The Morgan fingerprint density at radius 3 is 3.20 bits per heavy atom. The van der Waals surface area contributed by atoms with Crippen LogP contribution < -0.4 is 5.32 Å². The minimum atomic E-state index is 0.144. The molecule has 86 valence electrons. The van der Waals surface area contributed by atoms with Gasteiger partial charge in [0.25, 0.3) is 0 Å². The monoisotopic (exact) mass is 230 g/mol. The van der Waals surface area contributed by atoms with Gasteiger partial charge in [-0.05, 0) is 13.3 Å². The van der Waals surface area contributed by atoms with Crippen molar-refractivity contribution in [3.05, 3.63) is 0 Å². The fourth-order valence-electron chi connectivity index (χ4n) is 1.58. The summed E-state index contributed by atoms with van der Waals surface area (Å²) in [6.07, 6.45) is 1.36. The van der Waals surface area contributed by atoms with Crippen molar-refractivity contribution >= 4 is 16.9 Å². The van der Waals surface area contributed by atoms with Gasteiger partial charge in [-0.25, -0.2) is 0 Å². The smallest absolute Gasteiger partial charge is 0.156 e. The van der Waals surface area contributed by atoms with Crippen molar-refractivity contribution < 1.29 is 9.47 Å². The fraction of sp³-hybridized carbons (Fsp3) is 0.900. The van der Waals surface area contributed by atoms with Gasteiger partial charge < -0.3 is 14.8 Å². The molecule has 2 aliphatic rings. The SMILES string of the molecule is CC1CCSC(=NCC2COCCO2)N1. The summed E-state index contributed by atoms with van der Waals surface area (Å²) in [6.45, 7) is 5.00. The van der Waals surface area contributed by atoms with Gasteiger partial charge in [0.1, 0.15) is 6.10 Å². The van der Waals surface area contributed by atoms with Gasteiger partial charge in [-0.1, -0.05) is 11.8 Å². The molecule has 0 radical (unpaired) electrons. The molecule has 15 heavy (non-hydrogen) atoms. The molecule has 0 aromatic heterocycles. The lowest BCUT2D eigenvalue weighted by Gasteiger charge is -2.24. The third kappa shape index (κ3) is 3.66. The highest BCUT2D eigenvalue weighted by Crippen LogP contribution is 2.13. The minimum Gasteiger partial charge on any atom is -0.376 e. The minimum absolute atomic E-state index is 0.144. The number of hydrogen-bond acceptors (Lipinski definition) is 4. The quantitative estimate of drug-likeness (QED) is 0.764. The lowest BCUT2D eigenvalue weighted by molar-refractivity contribution is -0.0832. The molecule has 5 heteroatoms. The summed E-state index contributed by atoms with van der Waals surface area (Å²) in [7, 11) is 0. The van der Waals surface area contributed by atoms with Crippen LogP contribution in [0.5, 0.6) is 0 Å². The highest BCUT2D eigenvalue weighted by atomic mass is 32.2. The van der Waals surface area contributed by atoms with Crippen LogP contribution in [0.2, 0.25) is 0 Å². The van der Waals surface area contributed by atoms with Crippen LogP contribution in [0.3, 0.4) is 0 Å². The van der Waals surface area contributed by atoms with Crippen molar-refractivity contribution in [1.82, 2.24) is 5.32 Å². The highest BCUT2D eigenvalue weighted by Gasteiger charge is 2.16. The van der Waals surface area contributed by atoms with E-state index in [1.807, 2.05) is 0 Å². The van der Waals surface area contributed by atoms with Gasteiger partial charge in [-0.2, -0.15) is 0 Å². The Morgan fingerprint density at radius 1 is 1.53 bits per heavy atom. The molecule has 2 atom stereocenters. The molecule has 1 N–H and O–H groups in total. The molecule has 2 fully saturated rings. The molecule has 2 rings (SSSR count). The summed E-state index contributed by atoms with van der Waals surface area (Å²) in [5.41, 5.74) is 0. The molecule has 2 unspecified atom stereocenters. The van der Waals surface area contributed by atoms with Crippen LogP contribution in [0.1, 0.15) is 13.3 Å². The molecule has 0 aromatic carbocycles. The van der Waals surface area contributed by atoms with Gasteiger partial charge in [0.05, 0.1) is 26.4 Å². The average molecular weight is 230 g/mol. The molecule has 0 amide bonds. The van der Waals surface area contributed by atoms with E-state index in [1.165, 1.54) is 6.42 Å². The molecule has 0 spiro atoms. The largest absolute Gasteiger partial charge is 0.376 e. The van der Waals surface area contributed by atoms with Gasteiger partial charge in [-0.15, -0.1) is 0 Å². The highest BCUT2D eigenvalue weighted by molar-refractivity contribution is 8.13. The van der Waals surface area contributed by atoms with E-state index in [9.17, 15) is 0 Å². The molecular formula is C10H18N2O2S. The Hall–Kier alpha value is -0.260. The van der Waals surface area contributed by atoms with Crippen LogP contribution in [-0.2, 0) is 9.47 Å². The van der Waals surface area contributed by atoms with Crippen molar-refractivity contribution in [3.63, 3.8) is 0 Å². The number of ether oxygens (including phenoxy) is 2. The molecule has 2 heterocycles. The zero-order valence-corrected chi connectivity index (χ0v) is 9.89. The van der Waals surface area contributed by atoms with Gasteiger partial charge in [-0.3, -0.25) is 4.99 Å². The third-order valence-electron chi connectivity index (χ3n) is 2.48. The molecular weight excluding hydrogens is 212 g/mol. The third-order valence-corrected chi connectivity index (χ3v) is 3.44. The van der Waals surface area contributed by atoms with Crippen molar-refractivity contribution in [2.45, 2.75) is 25.5 Å². The van der Waals surface area contributed by atoms with Crippen LogP contribution in [0.4, 0.5) is 0 Å². The first-order valence-corrected chi connectivity index (χ1v) is 6.46. The van der Waals surface area contributed by atoms with Crippen molar-refractivity contribution in [1.29, 1.82) is 0 Å². The van der Waals surface area contributed by atoms with E-state index in [1.54, 1.807) is 11.8 Å². The van der Waals surface area contributed by atoms with E-state index in [0.29, 0.717) is 25.8 Å². The summed E-state index contributed by atoms with van der Waals surface area (Å²) >= 11 is 1.80. The Labute approximate surface area is 94.8 Å². The summed E-state index contributed by atoms with van der Waals surface area (Å²) in [5, 5.41) is 4.43. The maximum atomic E-state index is 5.53. The van der Waals surface area contributed by atoms with Crippen LogP contribution >= 0.6 is 11.8 Å². The standard InChI is InChI=1S/C10H18N2O2S/c1-8-2-5-15-10(12-8)11-6-9-7-13-3-4-14-9/h8-9H,2-7H2,1H3,(H,11,12). The molecule has 0 aromatic rings. The first-order valence-electron chi connectivity index (χ1n) is 5.48. The second-order valence-electron chi connectivity index (χ2n) is 3.90. The number of amidine groups is 1. The van der Waals surface area contributed by atoms with E-state index in [0.717, 1.165) is 17.5 Å². The predicted molar refractivity (Wildman–Crippen MR) is 62.5 cm³/mol. The molecule has 0 saturated carbocycles. The summed E-state index contributed by atoms with van der Waals surface area (Å²) < 4.78 is 10.8.